The van der Waals surface area contributed by atoms with Crippen molar-refractivity contribution < 1.29 is 9.53 Å². The highest BCUT2D eigenvalue weighted by Gasteiger charge is 2.37. The van der Waals surface area contributed by atoms with Gasteiger partial charge in [-0.2, -0.15) is 0 Å². The van der Waals surface area contributed by atoms with Gasteiger partial charge < -0.3 is 9.64 Å². The van der Waals surface area contributed by atoms with Crippen LogP contribution in [-0.2, 0) is 4.74 Å². The number of carbonyl (C=O) groups is 1. The maximum Gasteiger partial charge on any atom is 0.410 e. The topological polar surface area (TPSA) is 67.6 Å². The van der Waals surface area contributed by atoms with E-state index in [1.165, 1.54) is 32.1 Å². The van der Waals surface area contributed by atoms with Gasteiger partial charge in [0.25, 0.3) is 0 Å². The molecule has 2 aliphatic rings. The van der Waals surface area contributed by atoms with Crippen molar-refractivity contribution in [2.24, 2.45) is 23.6 Å². The quantitative estimate of drug-likeness (QED) is 0.615. The van der Waals surface area contributed by atoms with Gasteiger partial charge in [0.1, 0.15) is 5.60 Å². The van der Waals surface area contributed by atoms with Gasteiger partial charge in [0, 0.05) is 19.1 Å². The number of hydrogen-bond donors (Lipinski definition) is 2. The van der Waals surface area contributed by atoms with Crippen molar-refractivity contribution in [2.45, 2.75) is 77.9 Å². The van der Waals surface area contributed by atoms with Gasteiger partial charge in [-0.15, -0.1) is 0 Å². The first-order chi connectivity index (χ1) is 10.8. The van der Waals surface area contributed by atoms with Crippen LogP contribution in [0.3, 0.4) is 0 Å². The second-order valence-corrected chi connectivity index (χ2v) is 8.36. The number of nitrogens with two attached hydrogens (primary N) is 1. The molecule has 1 heterocycles. The predicted octanol–water partition coefficient (Wildman–Crippen LogP) is 3.29. The lowest BCUT2D eigenvalue weighted by Gasteiger charge is -2.36. The molecule has 2 atom stereocenters. The molecule has 1 saturated carbocycles. The van der Waals surface area contributed by atoms with Gasteiger partial charge in [-0.05, 0) is 57.8 Å². The van der Waals surface area contributed by atoms with Gasteiger partial charge in [0.05, 0.1) is 0 Å². The van der Waals surface area contributed by atoms with Crippen LogP contribution in [0.1, 0.15) is 66.2 Å². The Morgan fingerprint density at radius 1 is 1.22 bits per heavy atom. The zero-order chi connectivity index (χ0) is 17.0. The average molecular weight is 325 g/mol. The molecule has 5 heteroatoms. The Kier molecular flexibility index (Phi) is 6.32. The van der Waals surface area contributed by atoms with E-state index in [1.807, 2.05) is 25.7 Å². The number of amides is 1. The SMILES string of the molecule is CCC1CCC(C(NN)C2CCN(C(=O)OC(C)(C)C)C2)CC1. The smallest absolute Gasteiger partial charge is 0.410 e. The van der Waals surface area contributed by atoms with E-state index in [1.54, 1.807) is 0 Å². The monoisotopic (exact) mass is 325 g/mol. The summed E-state index contributed by atoms with van der Waals surface area (Å²) in [5.41, 5.74) is 2.64. The zero-order valence-electron chi connectivity index (χ0n) is 15.3. The number of ether oxygens (including phenoxy) is 1. The minimum absolute atomic E-state index is 0.189. The third kappa shape index (κ3) is 5.08. The number of hydrogen-bond acceptors (Lipinski definition) is 4. The summed E-state index contributed by atoms with van der Waals surface area (Å²) in [7, 11) is 0. The highest BCUT2D eigenvalue weighted by atomic mass is 16.6. The van der Waals surface area contributed by atoms with Crippen LogP contribution < -0.4 is 11.3 Å². The fourth-order valence-corrected chi connectivity index (χ4v) is 4.19. The van der Waals surface area contributed by atoms with E-state index in [2.05, 4.69) is 12.3 Å². The molecule has 1 saturated heterocycles. The summed E-state index contributed by atoms with van der Waals surface area (Å²) < 4.78 is 5.49. The van der Waals surface area contributed by atoms with E-state index >= 15 is 0 Å². The molecule has 1 aliphatic heterocycles. The van der Waals surface area contributed by atoms with E-state index in [4.69, 9.17) is 10.6 Å². The molecule has 0 aromatic heterocycles. The Hall–Kier alpha value is -0.810. The summed E-state index contributed by atoms with van der Waals surface area (Å²) in [6.07, 6.45) is 7.28. The van der Waals surface area contributed by atoms with E-state index < -0.39 is 5.60 Å². The summed E-state index contributed by atoms with van der Waals surface area (Å²) in [6.45, 7) is 9.57. The highest BCUT2D eigenvalue weighted by Crippen LogP contribution is 2.36. The van der Waals surface area contributed by atoms with Crippen molar-refractivity contribution in [3.63, 3.8) is 0 Å². The minimum atomic E-state index is -0.431. The first-order valence-electron chi connectivity index (χ1n) is 9.28. The first-order valence-corrected chi connectivity index (χ1v) is 9.28. The molecule has 2 fully saturated rings. The number of nitrogens with zero attached hydrogens (tertiary/aromatic N) is 1. The van der Waals surface area contributed by atoms with Crippen molar-refractivity contribution in [1.29, 1.82) is 0 Å². The second kappa shape index (κ2) is 7.84. The summed E-state index contributed by atoms with van der Waals surface area (Å²) in [6, 6.07) is 0.320. The Morgan fingerprint density at radius 2 is 1.87 bits per heavy atom. The number of carbonyl (C=O) groups excluding carboxylic acids is 1. The lowest BCUT2D eigenvalue weighted by molar-refractivity contribution is 0.0281. The van der Waals surface area contributed by atoms with Crippen molar-refractivity contribution in [3.05, 3.63) is 0 Å². The van der Waals surface area contributed by atoms with Crippen LogP contribution in [0.4, 0.5) is 4.79 Å². The summed E-state index contributed by atoms with van der Waals surface area (Å²) in [4.78, 5) is 14.1. The summed E-state index contributed by atoms with van der Waals surface area (Å²) in [5.74, 6) is 7.87. The largest absolute Gasteiger partial charge is 0.444 e. The Balaban J connectivity index is 1.87. The van der Waals surface area contributed by atoms with Crippen LogP contribution >= 0.6 is 0 Å². The molecule has 23 heavy (non-hydrogen) atoms. The van der Waals surface area contributed by atoms with Crippen molar-refractivity contribution in [3.8, 4) is 0 Å². The minimum Gasteiger partial charge on any atom is -0.444 e. The standard InChI is InChI=1S/C18H35N3O2/c1-5-13-6-8-14(9-7-13)16(20-19)15-10-11-21(12-15)17(22)23-18(2,3)4/h13-16,20H,5-12,19H2,1-4H3. The number of nitrogens with one attached hydrogen (secondary N) is 1. The Morgan fingerprint density at radius 3 is 2.39 bits per heavy atom. The van der Waals surface area contributed by atoms with Crippen LogP contribution in [0.15, 0.2) is 0 Å². The molecule has 5 nitrogen and oxygen atoms in total. The van der Waals surface area contributed by atoms with Gasteiger partial charge in [0.15, 0.2) is 0 Å². The maximum absolute atomic E-state index is 12.2. The summed E-state index contributed by atoms with van der Waals surface area (Å²) in [5, 5.41) is 0. The van der Waals surface area contributed by atoms with E-state index in [-0.39, 0.29) is 6.09 Å². The van der Waals surface area contributed by atoms with Crippen LogP contribution in [0.25, 0.3) is 0 Å². The highest BCUT2D eigenvalue weighted by molar-refractivity contribution is 5.68. The second-order valence-electron chi connectivity index (χ2n) is 8.36. The molecule has 0 spiro atoms. The molecular weight excluding hydrogens is 290 g/mol. The van der Waals surface area contributed by atoms with Crippen LogP contribution in [0.2, 0.25) is 0 Å². The molecule has 0 aromatic carbocycles. The number of rotatable bonds is 4. The van der Waals surface area contributed by atoms with Crippen molar-refractivity contribution in [1.82, 2.24) is 10.3 Å². The average Bonchev–Trinajstić information content (AvgIpc) is 2.97. The van der Waals surface area contributed by atoms with Gasteiger partial charge >= 0.3 is 6.09 Å². The van der Waals surface area contributed by atoms with Gasteiger partial charge in [-0.3, -0.25) is 11.3 Å². The van der Waals surface area contributed by atoms with Crippen molar-refractivity contribution >= 4 is 6.09 Å². The molecule has 0 radical (unpaired) electrons. The maximum atomic E-state index is 12.2. The van der Waals surface area contributed by atoms with E-state index in [0.717, 1.165) is 25.4 Å². The first kappa shape index (κ1) is 18.5. The molecule has 1 aliphatic carbocycles. The van der Waals surface area contributed by atoms with Crippen LogP contribution in [0.5, 0.6) is 0 Å². The number of likely N-dealkylation sites (tertiary alicyclic amines) is 1. The third-order valence-electron chi connectivity index (χ3n) is 5.55. The van der Waals surface area contributed by atoms with E-state index in [0.29, 0.717) is 17.9 Å². The molecule has 3 N–H and O–H groups in total. The normalized spacial score (nSPS) is 30.3. The summed E-state index contributed by atoms with van der Waals surface area (Å²) >= 11 is 0. The zero-order valence-corrected chi connectivity index (χ0v) is 15.3. The molecule has 2 rings (SSSR count). The molecule has 0 bridgehead atoms. The van der Waals surface area contributed by atoms with Crippen LogP contribution in [0, 0.1) is 17.8 Å². The number of hydrazine groups is 1. The van der Waals surface area contributed by atoms with Crippen LogP contribution in [-0.4, -0.2) is 35.7 Å². The molecule has 0 aromatic rings. The lowest BCUT2D eigenvalue weighted by atomic mass is 9.74. The lowest BCUT2D eigenvalue weighted by Crippen LogP contribution is -2.48. The predicted molar refractivity (Wildman–Crippen MR) is 92.8 cm³/mol. The fourth-order valence-electron chi connectivity index (χ4n) is 4.19. The van der Waals surface area contributed by atoms with Gasteiger partial charge in [-0.1, -0.05) is 26.2 Å². The fraction of sp³-hybridized carbons (Fsp3) is 0.944. The Bertz CT molecular complexity index is 386. The van der Waals surface area contributed by atoms with Crippen molar-refractivity contribution in [2.75, 3.05) is 13.1 Å². The van der Waals surface area contributed by atoms with Gasteiger partial charge in [0.2, 0.25) is 0 Å². The molecular formula is C18H35N3O2. The van der Waals surface area contributed by atoms with E-state index in [9.17, 15) is 4.79 Å². The molecule has 134 valence electrons. The molecule has 1 amide bonds. The van der Waals surface area contributed by atoms with Gasteiger partial charge in [-0.25, -0.2) is 4.79 Å². The molecule has 2 unspecified atom stereocenters. The Labute approximate surface area is 141 Å². The third-order valence-corrected chi connectivity index (χ3v) is 5.55.